The molecular formula is C17H18N2O2. The van der Waals surface area contributed by atoms with E-state index in [4.69, 9.17) is 14.7 Å². The van der Waals surface area contributed by atoms with Gasteiger partial charge < -0.3 is 14.8 Å². The second-order valence-corrected chi connectivity index (χ2v) is 4.68. The zero-order valence-corrected chi connectivity index (χ0v) is 12.4. The average molecular weight is 282 g/mol. The van der Waals surface area contributed by atoms with Crippen LogP contribution in [0.4, 0.5) is 5.69 Å². The Hall–Kier alpha value is -2.67. The molecule has 0 amide bonds. The molecule has 0 heterocycles. The van der Waals surface area contributed by atoms with E-state index in [1.54, 1.807) is 20.3 Å². The molecule has 2 aromatic carbocycles. The van der Waals surface area contributed by atoms with E-state index in [0.717, 1.165) is 22.6 Å². The molecule has 0 bridgehead atoms. The highest BCUT2D eigenvalue weighted by atomic mass is 16.5. The van der Waals surface area contributed by atoms with Crippen molar-refractivity contribution in [2.75, 3.05) is 19.5 Å². The Morgan fingerprint density at radius 3 is 2.52 bits per heavy atom. The van der Waals surface area contributed by atoms with Gasteiger partial charge in [0.1, 0.15) is 17.6 Å². The second-order valence-electron chi connectivity index (χ2n) is 4.68. The largest absolute Gasteiger partial charge is 0.497 e. The van der Waals surface area contributed by atoms with Gasteiger partial charge in [-0.25, -0.2) is 0 Å². The molecular weight excluding hydrogens is 264 g/mol. The lowest BCUT2D eigenvalue weighted by Gasteiger charge is -2.12. The van der Waals surface area contributed by atoms with Crippen molar-refractivity contribution in [2.24, 2.45) is 0 Å². The Kier molecular flexibility index (Phi) is 4.68. The molecule has 0 saturated heterocycles. The van der Waals surface area contributed by atoms with E-state index in [2.05, 4.69) is 11.4 Å². The summed E-state index contributed by atoms with van der Waals surface area (Å²) in [6.07, 6.45) is 0. The molecule has 0 saturated carbocycles. The van der Waals surface area contributed by atoms with Crippen LogP contribution in [0.3, 0.4) is 0 Å². The number of anilines is 1. The summed E-state index contributed by atoms with van der Waals surface area (Å²) in [5, 5.41) is 12.4. The number of benzene rings is 2. The summed E-state index contributed by atoms with van der Waals surface area (Å²) in [5.41, 5.74) is 3.78. The fourth-order valence-corrected chi connectivity index (χ4v) is 2.10. The lowest BCUT2D eigenvalue weighted by atomic mass is 10.1. The van der Waals surface area contributed by atoms with E-state index >= 15 is 0 Å². The second kappa shape index (κ2) is 6.67. The first-order valence-electron chi connectivity index (χ1n) is 6.63. The Labute approximate surface area is 124 Å². The van der Waals surface area contributed by atoms with E-state index in [-0.39, 0.29) is 0 Å². The first-order chi connectivity index (χ1) is 10.2. The van der Waals surface area contributed by atoms with Crippen LogP contribution in [0.15, 0.2) is 36.4 Å². The predicted octanol–water partition coefficient (Wildman–Crippen LogP) is 3.50. The molecule has 2 rings (SSSR count). The molecule has 4 nitrogen and oxygen atoms in total. The van der Waals surface area contributed by atoms with E-state index in [1.165, 1.54) is 0 Å². The molecule has 0 unspecified atom stereocenters. The zero-order valence-electron chi connectivity index (χ0n) is 12.4. The number of ether oxygens (including phenoxy) is 2. The number of aryl methyl sites for hydroxylation is 1. The monoisotopic (exact) mass is 282 g/mol. The van der Waals surface area contributed by atoms with Crippen molar-refractivity contribution >= 4 is 5.69 Å². The van der Waals surface area contributed by atoms with Crippen LogP contribution >= 0.6 is 0 Å². The topological polar surface area (TPSA) is 54.3 Å². The van der Waals surface area contributed by atoms with Gasteiger partial charge in [-0.05, 0) is 48.4 Å². The fourth-order valence-electron chi connectivity index (χ4n) is 2.10. The van der Waals surface area contributed by atoms with Gasteiger partial charge in [-0.15, -0.1) is 0 Å². The molecule has 2 aromatic rings. The summed E-state index contributed by atoms with van der Waals surface area (Å²) < 4.78 is 10.4. The fraction of sp³-hybridized carbons (Fsp3) is 0.235. The number of methoxy groups -OCH3 is 2. The van der Waals surface area contributed by atoms with Crippen molar-refractivity contribution in [2.45, 2.75) is 13.5 Å². The summed E-state index contributed by atoms with van der Waals surface area (Å²) in [6, 6.07) is 13.6. The zero-order chi connectivity index (χ0) is 15.2. The van der Waals surface area contributed by atoms with Crippen molar-refractivity contribution in [1.29, 1.82) is 5.26 Å². The number of nitriles is 1. The van der Waals surface area contributed by atoms with E-state index < -0.39 is 0 Å². The van der Waals surface area contributed by atoms with Gasteiger partial charge in [0, 0.05) is 12.2 Å². The average Bonchev–Trinajstić information content (AvgIpc) is 2.53. The van der Waals surface area contributed by atoms with Crippen molar-refractivity contribution in [3.8, 4) is 17.6 Å². The lowest BCUT2D eigenvalue weighted by Crippen LogP contribution is -2.02. The third-order valence-electron chi connectivity index (χ3n) is 3.30. The van der Waals surface area contributed by atoms with Gasteiger partial charge in [0.2, 0.25) is 0 Å². The van der Waals surface area contributed by atoms with Crippen LogP contribution < -0.4 is 14.8 Å². The SMILES string of the molecule is COc1ccc(NCc2ccc(C#N)c(OC)c2)c(C)c1. The van der Waals surface area contributed by atoms with Crippen LogP contribution in [0.1, 0.15) is 16.7 Å². The molecule has 108 valence electrons. The molecule has 0 atom stereocenters. The van der Waals surface area contributed by atoms with Gasteiger partial charge >= 0.3 is 0 Å². The van der Waals surface area contributed by atoms with Crippen LogP contribution in [0.2, 0.25) is 0 Å². The third-order valence-corrected chi connectivity index (χ3v) is 3.30. The molecule has 0 aliphatic carbocycles. The Morgan fingerprint density at radius 1 is 1.10 bits per heavy atom. The minimum absolute atomic E-state index is 0.543. The molecule has 0 fully saturated rings. The minimum atomic E-state index is 0.543. The summed E-state index contributed by atoms with van der Waals surface area (Å²) in [4.78, 5) is 0. The molecule has 0 aliphatic heterocycles. The number of nitrogens with zero attached hydrogens (tertiary/aromatic N) is 1. The third kappa shape index (κ3) is 3.46. The summed E-state index contributed by atoms with van der Waals surface area (Å²) >= 11 is 0. The molecule has 1 N–H and O–H groups in total. The van der Waals surface area contributed by atoms with Crippen LogP contribution in [-0.2, 0) is 6.54 Å². The smallest absolute Gasteiger partial charge is 0.136 e. The van der Waals surface area contributed by atoms with Gasteiger partial charge in [-0.3, -0.25) is 0 Å². The Balaban J connectivity index is 2.11. The first kappa shape index (κ1) is 14.7. The van der Waals surface area contributed by atoms with Crippen molar-refractivity contribution in [3.05, 3.63) is 53.1 Å². The van der Waals surface area contributed by atoms with Gasteiger partial charge in [0.15, 0.2) is 0 Å². The normalized spacial score (nSPS) is 9.81. The maximum Gasteiger partial charge on any atom is 0.136 e. The summed E-state index contributed by atoms with van der Waals surface area (Å²) in [6.45, 7) is 2.69. The van der Waals surface area contributed by atoms with Crippen LogP contribution in [0, 0.1) is 18.3 Å². The van der Waals surface area contributed by atoms with E-state index in [1.807, 2.05) is 37.3 Å². The highest BCUT2D eigenvalue weighted by molar-refractivity contribution is 5.54. The predicted molar refractivity (Wildman–Crippen MR) is 82.8 cm³/mol. The Morgan fingerprint density at radius 2 is 1.90 bits per heavy atom. The molecule has 0 spiro atoms. The van der Waals surface area contributed by atoms with Gasteiger partial charge in [-0.2, -0.15) is 5.26 Å². The maximum atomic E-state index is 8.98. The van der Waals surface area contributed by atoms with Crippen molar-refractivity contribution in [1.82, 2.24) is 0 Å². The molecule has 21 heavy (non-hydrogen) atoms. The first-order valence-corrected chi connectivity index (χ1v) is 6.63. The highest BCUT2D eigenvalue weighted by Crippen LogP contribution is 2.23. The van der Waals surface area contributed by atoms with Crippen LogP contribution in [0.25, 0.3) is 0 Å². The van der Waals surface area contributed by atoms with Crippen LogP contribution in [0.5, 0.6) is 11.5 Å². The quantitative estimate of drug-likeness (QED) is 0.912. The Bertz CT molecular complexity index is 675. The van der Waals surface area contributed by atoms with Crippen LogP contribution in [-0.4, -0.2) is 14.2 Å². The van der Waals surface area contributed by atoms with E-state index in [0.29, 0.717) is 17.9 Å². The minimum Gasteiger partial charge on any atom is -0.497 e. The van der Waals surface area contributed by atoms with Gasteiger partial charge in [0.05, 0.1) is 19.8 Å². The van der Waals surface area contributed by atoms with Crippen molar-refractivity contribution < 1.29 is 9.47 Å². The number of rotatable bonds is 5. The van der Waals surface area contributed by atoms with E-state index in [9.17, 15) is 0 Å². The molecule has 0 aliphatic rings. The number of nitrogens with one attached hydrogen (secondary N) is 1. The summed E-state index contributed by atoms with van der Waals surface area (Å²) in [5.74, 6) is 1.45. The summed E-state index contributed by atoms with van der Waals surface area (Å²) in [7, 11) is 3.23. The van der Waals surface area contributed by atoms with Crippen molar-refractivity contribution in [3.63, 3.8) is 0 Å². The van der Waals surface area contributed by atoms with Gasteiger partial charge in [0.25, 0.3) is 0 Å². The maximum absolute atomic E-state index is 8.98. The highest BCUT2D eigenvalue weighted by Gasteiger charge is 2.05. The molecule has 4 heteroatoms. The number of hydrogen-bond donors (Lipinski definition) is 1. The molecule has 0 radical (unpaired) electrons. The van der Waals surface area contributed by atoms with Gasteiger partial charge in [-0.1, -0.05) is 6.07 Å². The standard InChI is InChI=1S/C17H18N2O2/c1-12-8-15(20-2)6-7-16(12)19-11-13-4-5-14(10-18)17(9-13)21-3/h4-9,19H,11H2,1-3H3. The lowest BCUT2D eigenvalue weighted by molar-refractivity contribution is 0.413. The number of hydrogen-bond acceptors (Lipinski definition) is 4. The molecule has 0 aromatic heterocycles.